The van der Waals surface area contributed by atoms with Crippen LogP contribution in [0, 0.1) is 5.92 Å². The normalized spacial score (nSPS) is 17.1. The Morgan fingerprint density at radius 1 is 1.28 bits per heavy atom. The Balaban J connectivity index is 1.42. The van der Waals surface area contributed by atoms with Crippen LogP contribution >= 0.6 is 11.8 Å². The SMILES string of the molecule is CN=C(NCC(C)Cn1cccn1)NCC1(Sc2ccccc2)CC1. The van der Waals surface area contributed by atoms with Crippen LogP contribution in [0.25, 0.3) is 0 Å². The van der Waals surface area contributed by atoms with Crippen molar-refractivity contribution < 1.29 is 0 Å². The van der Waals surface area contributed by atoms with Gasteiger partial charge in [-0.1, -0.05) is 25.1 Å². The summed E-state index contributed by atoms with van der Waals surface area (Å²) in [6, 6.07) is 12.6. The van der Waals surface area contributed by atoms with Gasteiger partial charge in [-0.05, 0) is 37.0 Å². The molecule has 2 N–H and O–H groups in total. The number of nitrogens with zero attached hydrogens (tertiary/aromatic N) is 3. The fourth-order valence-corrected chi connectivity index (χ4v) is 3.97. The van der Waals surface area contributed by atoms with E-state index in [1.807, 2.05) is 42.0 Å². The number of rotatable bonds is 8. The van der Waals surface area contributed by atoms with Crippen molar-refractivity contribution in [3.05, 3.63) is 48.8 Å². The maximum Gasteiger partial charge on any atom is 0.191 e. The van der Waals surface area contributed by atoms with Gasteiger partial charge in [-0.2, -0.15) is 5.10 Å². The van der Waals surface area contributed by atoms with Gasteiger partial charge in [0.15, 0.2) is 5.96 Å². The summed E-state index contributed by atoms with van der Waals surface area (Å²) in [7, 11) is 1.83. The first-order valence-corrected chi connectivity index (χ1v) is 9.67. The van der Waals surface area contributed by atoms with Gasteiger partial charge in [0.05, 0.1) is 0 Å². The van der Waals surface area contributed by atoms with Crippen LogP contribution in [-0.4, -0.2) is 40.6 Å². The van der Waals surface area contributed by atoms with E-state index in [1.54, 1.807) is 0 Å². The molecule has 5 nitrogen and oxygen atoms in total. The van der Waals surface area contributed by atoms with Crippen molar-refractivity contribution in [1.29, 1.82) is 0 Å². The number of nitrogens with one attached hydrogen (secondary N) is 2. The summed E-state index contributed by atoms with van der Waals surface area (Å²) >= 11 is 1.98. The zero-order chi connectivity index (χ0) is 17.5. The lowest BCUT2D eigenvalue weighted by molar-refractivity contribution is 0.443. The van der Waals surface area contributed by atoms with E-state index in [9.17, 15) is 0 Å². The standard InChI is InChI=1S/C19H27N5S/c1-16(14-24-12-6-11-23-24)13-21-18(20-2)22-15-19(9-10-19)25-17-7-4-3-5-8-17/h3-8,11-12,16H,9-10,13-15H2,1-2H3,(H2,20,21,22). The van der Waals surface area contributed by atoms with Gasteiger partial charge in [0.1, 0.15) is 0 Å². The lowest BCUT2D eigenvalue weighted by Gasteiger charge is -2.20. The minimum atomic E-state index is 0.319. The predicted molar refractivity (Wildman–Crippen MR) is 105 cm³/mol. The lowest BCUT2D eigenvalue weighted by atomic mass is 10.2. The molecular formula is C19H27N5S. The molecule has 0 bridgehead atoms. The van der Waals surface area contributed by atoms with Crippen LogP contribution in [0.4, 0.5) is 0 Å². The topological polar surface area (TPSA) is 54.2 Å². The van der Waals surface area contributed by atoms with Crippen molar-refractivity contribution in [3.63, 3.8) is 0 Å². The maximum atomic E-state index is 4.36. The Hall–Kier alpha value is -1.95. The Morgan fingerprint density at radius 2 is 2.08 bits per heavy atom. The summed E-state index contributed by atoms with van der Waals surface area (Å²) in [4.78, 5) is 5.70. The van der Waals surface area contributed by atoms with E-state index in [0.717, 1.165) is 25.6 Å². The zero-order valence-electron chi connectivity index (χ0n) is 15.0. The van der Waals surface area contributed by atoms with Crippen LogP contribution < -0.4 is 10.6 Å². The first-order valence-electron chi connectivity index (χ1n) is 8.85. The van der Waals surface area contributed by atoms with Crippen molar-refractivity contribution in [1.82, 2.24) is 20.4 Å². The molecule has 1 heterocycles. The second kappa shape index (κ2) is 8.43. The molecule has 0 amide bonds. The predicted octanol–water partition coefficient (Wildman–Crippen LogP) is 3.01. The molecule has 1 unspecified atom stereocenters. The van der Waals surface area contributed by atoms with Gasteiger partial charge >= 0.3 is 0 Å². The number of hydrogen-bond donors (Lipinski definition) is 2. The van der Waals surface area contributed by atoms with E-state index in [4.69, 9.17) is 0 Å². The monoisotopic (exact) mass is 357 g/mol. The Morgan fingerprint density at radius 3 is 2.72 bits per heavy atom. The minimum absolute atomic E-state index is 0.319. The Kier molecular flexibility index (Phi) is 6.02. The molecule has 1 atom stereocenters. The van der Waals surface area contributed by atoms with Crippen molar-refractivity contribution in [2.45, 2.75) is 36.0 Å². The van der Waals surface area contributed by atoms with Crippen molar-refractivity contribution in [2.24, 2.45) is 10.9 Å². The van der Waals surface area contributed by atoms with Gasteiger partial charge in [-0.15, -0.1) is 11.8 Å². The molecule has 6 heteroatoms. The third-order valence-electron chi connectivity index (χ3n) is 4.36. The molecule has 1 aromatic carbocycles. The summed E-state index contributed by atoms with van der Waals surface area (Å²) in [5.74, 6) is 1.36. The van der Waals surface area contributed by atoms with Crippen LogP contribution in [0.2, 0.25) is 0 Å². The highest BCUT2D eigenvalue weighted by Crippen LogP contribution is 2.51. The van der Waals surface area contributed by atoms with Gasteiger partial charge in [0.25, 0.3) is 0 Å². The third kappa shape index (κ3) is 5.53. The van der Waals surface area contributed by atoms with Gasteiger partial charge in [0, 0.05) is 48.7 Å². The van der Waals surface area contributed by atoms with Crippen LogP contribution in [0.5, 0.6) is 0 Å². The van der Waals surface area contributed by atoms with Crippen LogP contribution in [0.15, 0.2) is 58.7 Å². The van der Waals surface area contributed by atoms with Gasteiger partial charge in [0.2, 0.25) is 0 Å². The molecule has 1 aliphatic carbocycles. The maximum absolute atomic E-state index is 4.36. The molecule has 0 aliphatic heterocycles. The molecule has 0 saturated heterocycles. The quantitative estimate of drug-likeness (QED) is 0.563. The van der Waals surface area contributed by atoms with Gasteiger partial charge in [-0.25, -0.2) is 0 Å². The third-order valence-corrected chi connectivity index (χ3v) is 5.86. The van der Waals surface area contributed by atoms with Crippen LogP contribution in [0.1, 0.15) is 19.8 Å². The van der Waals surface area contributed by atoms with Crippen LogP contribution in [-0.2, 0) is 6.54 Å². The molecule has 0 spiro atoms. The Labute approximate surface area is 154 Å². The molecule has 3 rings (SSSR count). The molecule has 2 aromatic rings. The summed E-state index contributed by atoms with van der Waals surface area (Å²) in [5, 5.41) is 11.2. The summed E-state index contributed by atoms with van der Waals surface area (Å²) in [6.45, 7) is 4.94. The number of guanidine groups is 1. The largest absolute Gasteiger partial charge is 0.356 e. The zero-order valence-corrected chi connectivity index (χ0v) is 15.8. The number of benzene rings is 1. The summed E-state index contributed by atoms with van der Waals surface area (Å²) in [6.07, 6.45) is 6.33. The second-order valence-electron chi connectivity index (χ2n) is 6.74. The fraction of sp³-hybridized carbons (Fsp3) is 0.474. The van der Waals surface area contributed by atoms with Gasteiger partial charge < -0.3 is 10.6 Å². The molecule has 1 fully saturated rings. The molecule has 1 aromatic heterocycles. The summed E-state index contributed by atoms with van der Waals surface area (Å²) in [5.41, 5.74) is 0. The molecule has 25 heavy (non-hydrogen) atoms. The van der Waals surface area contributed by atoms with E-state index in [2.05, 4.69) is 58.0 Å². The van der Waals surface area contributed by atoms with Crippen LogP contribution in [0.3, 0.4) is 0 Å². The minimum Gasteiger partial charge on any atom is -0.356 e. The van der Waals surface area contributed by atoms with Crippen molar-refractivity contribution >= 4 is 17.7 Å². The molecule has 1 saturated carbocycles. The van der Waals surface area contributed by atoms with E-state index in [-0.39, 0.29) is 0 Å². The number of thioether (sulfide) groups is 1. The molecular weight excluding hydrogens is 330 g/mol. The first kappa shape index (κ1) is 17.9. The highest BCUT2D eigenvalue weighted by molar-refractivity contribution is 8.01. The van der Waals surface area contributed by atoms with Gasteiger partial charge in [-0.3, -0.25) is 9.67 Å². The Bertz CT molecular complexity index is 664. The summed E-state index contributed by atoms with van der Waals surface area (Å²) < 4.78 is 2.29. The fourth-order valence-electron chi connectivity index (χ4n) is 2.72. The highest BCUT2D eigenvalue weighted by Gasteiger charge is 2.43. The highest BCUT2D eigenvalue weighted by atomic mass is 32.2. The van der Waals surface area contributed by atoms with E-state index >= 15 is 0 Å². The smallest absolute Gasteiger partial charge is 0.191 e. The lowest BCUT2D eigenvalue weighted by Crippen LogP contribution is -2.43. The molecule has 0 radical (unpaired) electrons. The van der Waals surface area contributed by atoms with E-state index in [0.29, 0.717) is 10.7 Å². The van der Waals surface area contributed by atoms with E-state index in [1.165, 1.54) is 17.7 Å². The number of hydrogen-bond acceptors (Lipinski definition) is 3. The number of aliphatic imine (C=N–C) groups is 1. The molecule has 134 valence electrons. The van der Waals surface area contributed by atoms with Crippen molar-refractivity contribution in [3.8, 4) is 0 Å². The average molecular weight is 358 g/mol. The first-order chi connectivity index (χ1) is 12.2. The van der Waals surface area contributed by atoms with Crippen molar-refractivity contribution in [2.75, 3.05) is 20.1 Å². The molecule has 1 aliphatic rings. The second-order valence-corrected chi connectivity index (χ2v) is 8.28. The average Bonchev–Trinajstić information content (AvgIpc) is 3.19. The van der Waals surface area contributed by atoms with E-state index < -0.39 is 0 Å². The number of aromatic nitrogens is 2.